The molecule has 2 N–H and O–H groups in total. The Morgan fingerprint density at radius 2 is 2.10 bits per heavy atom. The predicted molar refractivity (Wildman–Crippen MR) is 75.1 cm³/mol. The molecule has 102 valence electrons. The first-order valence-corrected chi connectivity index (χ1v) is 6.39. The third-order valence-electron chi connectivity index (χ3n) is 3.05. The van der Waals surface area contributed by atoms with Crippen molar-refractivity contribution in [1.29, 1.82) is 0 Å². The highest BCUT2D eigenvalue weighted by molar-refractivity contribution is 5.72. The van der Waals surface area contributed by atoms with E-state index in [9.17, 15) is 0 Å². The van der Waals surface area contributed by atoms with Crippen LogP contribution in [0.25, 0.3) is 11.5 Å². The van der Waals surface area contributed by atoms with E-state index in [4.69, 9.17) is 4.52 Å². The lowest BCUT2D eigenvalue weighted by molar-refractivity contribution is 0.425. The molecule has 0 saturated carbocycles. The van der Waals surface area contributed by atoms with Gasteiger partial charge in [-0.3, -0.25) is 5.10 Å². The van der Waals surface area contributed by atoms with Crippen LogP contribution in [-0.4, -0.2) is 20.3 Å². The van der Waals surface area contributed by atoms with E-state index >= 15 is 0 Å². The van der Waals surface area contributed by atoms with Crippen LogP contribution in [0.3, 0.4) is 0 Å². The Hall–Kier alpha value is -2.63. The number of para-hydroxylation sites is 1. The number of aromatic nitrogens is 4. The van der Waals surface area contributed by atoms with Gasteiger partial charge in [-0.25, -0.2) is 0 Å². The van der Waals surface area contributed by atoms with E-state index in [0.717, 1.165) is 16.9 Å². The van der Waals surface area contributed by atoms with Crippen molar-refractivity contribution in [2.24, 2.45) is 0 Å². The molecule has 0 aliphatic heterocycles. The monoisotopic (exact) mass is 269 g/mol. The number of benzene rings is 1. The van der Waals surface area contributed by atoms with Crippen LogP contribution in [0.1, 0.15) is 24.5 Å². The lowest BCUT2D eigenvalue weighted by Gasteiger charge is -2.15. The van der Waals surface area contributed by atoms with Gasteiger partial charge >= 0.3 is 0 Å². The van der Waals surface area contributed by atoms with E-state index in [1.807, 2.05) is 30.3 Å². The highest BCUT2D eigenvalue weighted by atomic mass is 16.5. The number of hydrogen-bond donors (Lipinski definition) is 2. The largest absolute Gasteiger partial charge is 0.376 e. The fourth-order valence-corrected chi connectivity index (χ4v) is 2.02. The summed E-state index contributed by atoms with van der Waals surface area (Å²) in [5, 5.41) is 14.2. The van der Waals surface area contributed by atoms with Crippen LogP contribution in [0.4, 0.5) is 5.69 Å². The van der Waals surface area contributed by atoms with Gasteiger partial charge < -0.3 is 9.84 Å². The summed E-state index contributed by atoms with van der Waals surface area (Å²) in [5.41, 5.74) is 2.85. The summed E-state index contributed by atoms with van der Waals surface area (Å²) in [7, 11) is 0. The molecule has 0 fully saturated rings. The van der Waals surface area contributed by atoms with Gasteiger partial charge in [-0.2, -0.15) is 10.1 Å². The van der Waals surface area contributed by atoms with E-state index in [1.165, 1.54) is 0 Å². The van der Waals surface area contributed by atoms with Crippen LogP contribution < -0.4 is 5.32 Å². The normalized spacial score (nSPS) is 12.3. The highest BCUT2D eigenvalue weighted by Gasteiger charge is 2.14. The first-order valence-electron chi connectivity index (χ1n) is 6.39. The second-order valence-electron chi connectivity index (χ2n) is 4.57. The molecular weight excluding hydrogens is 254 g/mol. The molecule has 0 spiro atoms. The SMILES string of the molecule is Cc1noc(-c2ccccc2NC(C)c2ccn[nH]2)n1. The highest BCUT2D eigenvalue weighted by Crippen LogP contribution is 2.28. The van der Waals surface area contributed by atoms with Gasteiger partial charge in [0.15, 0.2) is 5.82 Å². The van der Waals surface area contributed by atoms with Gasteiger partial charge in [0, 0.05) is 11.9 Å². The van der Waals surface area contributed by atoms with Gasteiger partial charge in [0.2, 0.25) is 0 Å². The van der Waals surface area contributed by atoms with Crippen molar-refractivity contribution in [2.75, 3.05) is 5.32 Å². The molecule has 2 aromatic heterocycles. The Bertz CT molecular complexity index is 689. The maximum Gasteiger partial charge on any atom is 0.260 e. The molecule has 1 atom stereocenters. The maximum atomic E-state index is 5.24. The molecule has 0 radical (unpaired) electrons. The van der Waals surface area contributed by atoms with E-state index in [1.54, 1.807) is 13.1 Å². The summed E-state index contributed by atoms with van der Waals surface area (Å²) in [6, 6.07) is 9.89. The molecule has 1 unspecified atom stereocenters. The van der Waals surface area contributed by atoms with E-state index in [0.29, 0.717) is 11.7 Å². The van der Waals surface area contributed by atoms with Crippen LogP contribution in [-0.2, 0) is 0 Å². The molecule has 20 heavy (non-hydrogen) atoms. The zero-order chi connectivity index (χ0) is 13.9. The molecule has 0 aliphatic rings. The molecule has 2 heterocycles. The first-order chi connectivity index (χ1) is 9.74. The molecule has 6 heteroatoms. The smallest absolute Gasteiger partial charge is 0.260 e. The van der Waals surface area contributed by atoms with Crippen molar-refractivity contribution < 1.29 is 4.52 Å². The minimum Gasteiger partial charge on any atom is -0.376 e. The number of rotatable bonds is 4. The third-order valence-corrected chi connectivity index (χ3v) is 3.05. The van der Waals surface area contributed by atoms with Gasteiger partial charge in [0.1, 0.15) is 0 Å². The Morgan fingerprint density at radius 3 is 2.80 bits per heavy atom. The number of hydrogen-bond acceptors (Lipinski definition) is 5. The Labute approximate surface area is 116 Å². The van der Waals surface area contributed by atoms with Crippen molar-refractivity contribution in [2.45, 2.75) is 19.9 Å². The molecule has 0 saturated heterocycles. The summed E-state index contributed by atoms with van der Waals surface area (Å²) < 4.78 is 5.24. The van der Waals surface area contributed by atoms with Crippen molar-refractivity contribution >= 4 is 5.69 Å². The Kier molecular flexibility index (Phi) is 3.20. The fourth-order valence-electron chi connectivity index (χ4n) is 2.02. The van der Waals surface area contributed by atoms with Gasteiger partial charge in [0.25, 0.3) is 5.89 Å². The standard InChI is InChI=1S/C14H15N5O/c1-9(12-7-8-15-18-12)16-13-6-4-3-5-11(13)14-17-10(2)19-20-14/h3-9,16H,1-2H3,(H,15,18). The molecule has 6 nitrogen and oxygen atoms in total. The fraction of sp³-hybridized carbons (Fsp3) is 0.214. The summed E-state index contributed by atoms with van der Waals surface area (Å²) in [4.78, 5) is 4.27. The molecule has 0 aliphatic carbocycles. The second-order valence-corrected chi connectivity index (χ2v) is 4.57. The number of H-pyrrole nitrogens is 1. The predicted octanol–water partition coefficient (Wildman–Crippen LogP) is 2.94. The zero-order valence-corrected chi connectivity index (χ0v) is 11.3. The minimum absolute atomic E-state index is 0.0997. The van der Waals surface area contributed by atoms with Crippen LogP contribution >= 0.6 is 0 Å². The quantitative estimate of drug-likeness (QED) is 0.761. The summed E-state index contributed by atoms with van der Waals surface area (Å²) in [6.07, 6.45) is 1.74. The molecular formula is C14H15N5O. The zero-order valence-electron chi connectivity index (χ0n) is 11.3. The second kappa shape index (κ2) is 5.16. The third kappa shape index (κ3) is 2.40. The summed E-state index contributed by atoms with van der Waals surface area (Å²) in [5.74, 6) is 1.14. The Morgan fingerprint density at radius 1 is 1.25 bits per heavy atom. The lowest BCUT2D eigenvalue weighted by atomic mass is 10.1. The van der Waals surface area contributed by atoms with Gasteiger partial charge in [0.05, 0.1) is 17.3 Å². The van der Waals surface area contributed by atoms with E-state index in [2.05, 4.69) is 32.6 Å². The topological polar surface area (TPSA) is 79.6 Å². The van der Waals surface area contributed by atoms with Crippen molar-refractivity contribution in [3.05, 3.63) is 48.0 Å². The summed E-state index contributed by atoms with van der Waals surface area (Å²) >= 11 is 0. The number of aromatic amines is 1. The first kappa shape index (κ1) is 12.4. The Balaban J connectivity index is 1.90. The van der Waals surface area contributed by atoms with Crippen LogP contribution in [0.5, 0.6) is 0 Å². The van der Waals surface area contributed by atoms with Gasteiger partial charge in [-0.1, -0.05) is 17.3 Å². The van der Waals surface area contributed by atoms with Gasteiger partial charge in [-0.15, -0.1) is 0 Å². The maximum absolute atomic E-state index is 5.24. The molecule has 3 aromatic rings. The minimum atomic E-state index is 0.0997. The molecule has 1 aromatic carbocycles. The van der Waals surface area contributed by atoms with Crippen LogP contribution in [0.2, 0.25) is 0 Å². The van der Waals surface area contributed by atoms with Crippen molar-refractivity contribution in [3.63, 3.8) is 0 Å². The van der Waals surface area contributed by atoms with Crippen molar-refractivity contribution in [1.82, 2.24) is 20.3 Å². The number of anilines is 1. The summed E-state index contributed by atoms with van der Waals surface area (Å²) in [6.45, 7) is 3.86. The van der Waals surface area contributed by atoms with Crippen LogP contribution in [0, 0.1) is 6.92 Å². The van der Waals surface area contributed by atoms with E-state index < -0.39 is 0 Å². The average Bonchev–Trinajstić information content (AvgIpc) is 3.10. The average molecular weight is 269 g/mol. The van der Waals surface area contributed by atoms with Crippen molar-refractivity contribution in [3.8, 4) is 11.5 Å². The van der Waals surface area contributed by atoms with Gasteiger partial charge in [-0.05, 0) is 32.0 Å². The molecule has 0 amide bonds. The number of nitrogens with one attached hydrogen (secondary N) is 2. The van der Waals surface area contributed by atoms with Crippen LogP contribution in [0.15, 0.2) is 41.1 Å². The lowest BCUT2D eigenvalue weighted by Crippen LogP contribution is -2.08. The van der Waals surface area contributed by atoms with E-state index in [-0.39, 0.29) is 6.04 Å². The number of nitrogens with zero attached hydrogens (tertiary/aromatic N) is 3. The molecule has 0 bridgehead atoms. The number of aryl methyl sites for hydroxylation is 1. The molecule has 3 rings (SSSR count).